The van der Waals surface area contributed by atoms with E-state index in [0.717, 1.165) is 62.7 Å². The van der Waals surface area contributed by atoms with Crippen molar-refractivity contribution >= 4 is 11.9 Å². The Labute approximate surface area is 196 Å². The average Bonchev–Trinajstić information content (AvgIpc) is 3.25. The Morgan fingerprint density at radius 3 is 2.45 bits per heavy atom. The number of hydrogen-bond donors (Lipinski definition) is 1. The third-order valence-electron chi connectivity index (χ3n) is 7.51. The zero-order valence-corrected chi connectivity index (χ0v) is 20.0. The molecule has 3 aliphatic carbocycles. The maximum Gasteiger partial charge on any atom is 0.335 e. The van der Waals surface area contributed by atoms with Crippen LogP contribution in [-0.4, -0.2) is 23.1 Å². The quantitative estimate of drug-likeness (QED) is 0.625. The lowest BCUT2D eigenvalue weighted by atomic mass is 9.88. The van der Waals surface area contributed by atoms with Crippen molar-refractivity contribution in [3.63, 3.8) is 0 Å². The molecule has 0 aliphatic heterocycles. The molecule has 1 amide bonds. The molecule has 0 bridgehead atoms. The number of esters is 1. The van der Waals surface area contributed by atoms with Crippen molar-refractivity contribution in [1.29, 1.82) is 0 Å². The predicted molar refractivity (Wildman–Crippen MR) is 128 cm³/mol. The molecule has 0 spiro atoms. The van der Waals surface area contributed by atoms with Gasteiger partial charge in [-0.3, -0.25) is 9.59 Å². The van der Waals surface area contributed by atoms with Crippen molar-refractivity contribution in [3.05, 3.63) is 44.5 Å². The highest BCUT2D eigenvalue weighted by molar-refractivity contribution is 5.97. The number of nitrogens with one attached hydrogen (secondary N) is 1. The summed E-state index contributed by atoms with van der Waals surface area (Å²) in [6.07, 6.45) is 14.5. The van der Waals surface area contributed by atoms with Crippen molar-refractivity contribution in [2.75, 3.05) is 6.61 Å². The van der Waals surface area contributed by atoms with Gasteiger partial charge in [0.25, 0.3) is 11.5 Å². The predicted octanol–water partition coefficient (Wildman–Crippen LogP) is 4.82. The van der Waals surface area contributed by atoms with Gasteiger partial charge in [-0.05, 0) is 82.3 Å². The van der Waals surface area contributed by atoms with Crippen LogP contribution in [-0.2, 0) is 28.9 Å². The summed E-state index contributed by atoms with van der Waals surface area (Å²) in [7, 11) is 0. The molecule has 4 rings (SSSR count). The first-order chi connectivity index (χ1) is 16.1. The van der Waals surface area contributed by atoms with Gasteiger partial charge >= 0.3 is 5.97 Å². The summed E-state index contributed by atoms with van der Waals surface area (Å²) in [5, 5.41) is 2.92. The third-order valence-corrected chi connectivity index (χ3v) is 7.51. The standard InChI is InChI=1S/C27H38N2O4/c1-2-33-27(32)21-14-10-15-23(21)28-25(30)22-17-20-13-8-3-4-9-16-24(20)29(26(22)31)18-19-11-6-5-7-12-19/h17,19H,2-16,18H2,1H3,(H,28,30). The van der Waals surface area contributed by atoms with Crippen molar-refractivity contribution in [3.8, 4) is 0 Å². The zero-order chi connectivity index (χ0) is 23.2. The second kappa shape index (κ2) is 11.2. The fraction of sp³-hybridized carbons (Fsp3) is 0.667. The molecule has 0 unspecified atom stereocenters. The molecule has 180 valence electrons. The van der Waals surface area contributed by atoms with E-state index in [9.17, 15) is 14.4 Å². The number of aromatic nitrogens is 1. The summed E-state index contributed by atoms with van der Waals surface area (Å²) in [5.74, 6) is -0.239. The van der Waals surface area contributed by atoms with Crippen LogP contribution >= 0.6 is 0 Å². The van der Waals surface area contributed by atoms with Crippen LogP contribution in [0.3, 0.4) is 0 Å². The smallest absolute Gasteiger partial charge is 0.335 e. The summed E-state index contributed by atoms with van der Waals surface area (Å²) in [6, 6.07) is 1.84. The van der Waals surface area contributed by atoms with E-state index in [0.29, 0.717) is 36.6 Å². The summed E-state index contributed by atoms with van der Waals surface area (Å²) in [6.45, 7) is 2.80. The Balaban J connectivity index is 1.67. The summed E-state index contributed by atoms with van der Waals surface area (Å²) in [5.41, 5.74) is 3.50. The molecule has 1 heterocycles. The molecule has 0 saturated heterocycles. The van der Waals surface area contributed by atoms with E-state index in [1.165, 1.54) is 32.1 Å². The minimum Gasteiger partial charge on any atom is -0.463 e. The maximum atomic E-state index is 13.6. The number of allylic oxidation sites excluding steroid dienone is 1. The van der Waals surface area contributed by atoms with Gasteiger partial charge in [-0.15, -0.1) is 0 Å². The van der Waals surface area contributed by atoms with Crippen LogP contribution in [0.5, 0.6) is 0 Å². The van der Waals surface area contributed by atoms with Crippen molar-refractivity contribution < 1.29 is 14.3 Å². The van der Waals surface area contributed by atoms with Gasteiger partial charge in [0, 0.05) is 17.9 Å². The van der Waals surface area contributed by atoms with Gasteiger partial charge in [0.15, 0.2) is 0 Å². The molecule has 3 aliphatic rings. The number of nitrogens with zero attached hydrogens (tertiary/aromatic N) is 1. The van der Waals surface area contributed by atoms with Gasteiger partial charge < -0.3 is 14.6 Å². The third kappa shape index (κ3) is 5.59. The zero-order valence-electron chi connectivity index (χ0n) is 20.0. The minimum absolute atomic E-state index is 0.173. The van der Waals surface area contributed by atoms with Crippen LogP contribution in [0.25, 0.3) is 0 Å². The second-order valence-corrected chi connectivity index (χ2v) is 9.85. The topological polar surface area (TPSA) is 77.4 Å². The Bertz CT molecular complexity index is 969. The molecule has 1 aromatic rings. The molecule has 6 nitrogen and oxygen atoms in total. The van der Waals surface area contributed by atoms with Crippen LogP contribution in [0.1, 0.15) is 106 Å². The number of carbonyl (C=O) groups excluding carboxylic acids is 2. The molecule has 1 aromatic heterocycles. The van der Waals surface area contributed by atoms with E-state index < -0.39 is 0 Å². The van der Waals surface area contributed by atoms with E-state index in [-0.39, 0.29) is 23.0 Å². The molecule has 0 aromatic carbocycles. The lowest BCUT2D eigenvalue weighted by Crippen LogP contribution is -2.37. The molecule has 33 heavy (non-hydrogen) atoms. The molecule has 1 N–H and O–H groups in total. The maximum absolute atomic E-state index is 13.6. The van der Waals surface area contributed by atoms with Crippen molar-refractivity contribution in [1.82, 2.24) is 9.88 Å². The number of fused-ring (bicyclic) bond motifs is 1. The average molecular weight is 455 g/mol. The van der Waals surface area contributed by atoms with Gasteiger partial charge in [-0.2, -0.15) is 0 Å². The van der Waals surface area contributed by atoms with Crippen LogP contribution < -0.4 is 10.9 Å². The van der Waals surface area contributed by atoms with E-state index in [2.05, 4.69) is 5.32 Å². The minimum atomic E-state index is -0.388. The van der Waals surface area contributed by atoms with Crippen LogP contribution in [0, 0.1) is 5.92 Å². The fourth-order valence-electron chi connectivity index (χ4n) is 5.75. The van der Waals surface area contributed by atoms with Gasteiger partial charge in [-0.1, -0.05) is 32.1 Å². The first-order valence-corrected chi connectivity index (χ1v) is 13.0. The molecular weight excluding hydrogens is 416 g/mol. The first-order valence-electron chi connectivity index (χ1n) is 13.0. The Morgan fingerprint density at radius 2 is 1.70 bits per heavy atom. The van der Waals surface area contributed by atoms with Crippen LogP contribution in [0.15, 0.2) is 22.1 Å². The number of amides is 1. The molecule has 0 atom stereocenters. The van der Waals surface area contributed by atoms with Gasteiger partial charge in [-0.25, -0.2) is 4.79 Å². The second-order valence-electron chi connectivity index (χ2n) is 9.85. The fourth-order valence-corrected chi connectivity index (χ4v) is 5.75. The number of pyridine rings is 1. The van der Waals surface area contributed by atoms with E-state index in [1.54, 1.807) is 6.92 Å². The molecule has 1 saturated carbocycles. The molecule has 6 heteroatoms. The molecule has 1 fully saturated rings. The summed E-state index contributed by atoms with van der Waals surface area (Å²) >= 11 is 0. The van der Waals surface area contributed by atoms with Gasteiger partial charge in [0.1, 0.15) is 5.56 Å². The van der Waals surface area contributed by atoms with Crippen molar-refractivity contribution in [2.24, 2.45) is 5.92 Å². The highest BCUT2D eigenvalue weighted by Gasteiger charge is 2.27. The lowest BCUT2D eigenvalue weighted by molar-refractivity contribution is -0.138. The SMILES string of the molecule is CCOC(=O)C1=C(NC(=O)c2cc3c(n(CC4CCCCC4)c2=O)CCCCCC3)CCC1. The van der Waals surface area contributed by atoms with E-state index >= 15 is 0 Å². The first kappa shape index (κ1) is 23.8. The summed E-state index contributed by atoms with van der Waals surface area (Å²) in [4.78, 5) is 39.2. The summed E-state index contributed by atoms with van der Waals surface area (Å²) < 4.78 is 7.10. The monoisotopic (exact) mass is 454 g/mol. The lowest BCUT2D eigenvalue weighted by Gasteiger charge is -2.26. The number of carbonyl (C=O) groups is 2. The Hall–Kier alpha value is -2.37. The highest BCUT2D eigenvalue weighted by Crippen LogP contribution is 2.28. The van der Waals surface area contributed by atoms with E-state index in [1.807, 2.05) is 10.6 Å². The number of ether oxygens (including phenoxy) is 1. The number of hydrogen-bond acceptors (Lipinski definition) is 4. The number of rotatable bonds is 6. The van der Waals surface area contributed by atoms with Gasteiger partial charge in [0.05, 0.1) is 12.2 Å². The molecule has 0 radical (unpaired) electrons. The van der Waals surface area contributed by atoms with Crippen LogP contribution in [0.4, 0.5) is 0 Å². The van der Waals surface area contributed by atoms with E-state index in [4.69, 9.17) is 4.74 Å². The Kier molecular flexibility index (Phi) is 8.05. The number of aryl methyl sites for hydroxylation is 1. The van der Waals surface area contributed by atoms with Crippen LogP contribution in [0.2, 0.25) is 0 Å². The van der Waals surface area contributed by atoms with Gasteiger partial charge in [0.2, 0.25) is 0 Å². The molecular formula is C27H38N2O4. The largest absolute Gasteiger partial charge is 0.463 e. The van der Waals surface area contributed by atoms with Crippen molar-refractivity contribution in [2.45, 2.75) is 103 Å². The normalized spacial score (nSPS) is 19.5. The Morgan fingerprint density at radius 1 is 0.970 bits per heavy atom. The highest BCUT2D eigenvalue weighted by atomic mass is 16.5.